The Morgan fingerprint density at radius 2 is 1.86 bits per heavy atom. The van der Waals surface area contributed by atoms with Gasteiger partial charge >= 0.3 is 6.09 Å². The van der Waals surface area contributed by atoms with Gasteiger partial charge in [-0.2, -0.15) is 4.99 Å². The van der Waals surface area contributed by atoms with E-state index >= 15 is 0 Å². The number of carbonyl (C=O) groups excluding carboxylic acids is 2. The molecule has 2 N–H and O–H groups in total. The molecule has 0 aliphatic rings. The first kappa shape index (κ1) is 12.6. The molecule has 0 saturated carbocycles. The summed E-state index contributed by atoms with van der Waals surface area (Å²) in [4.78, 5) is 25.3. The minimum Gasteiger partial charge on any atom is -0.442 e. The summed E-state index contributed by atoms with van der Waals surface area (Å²) in [5.41, 5.74) is 4.62. The standard InChI is InChI=1S/C9H16N2O3/c1-5-6(12)7(10)11-8(13)14-9(2,3)4/h5H2,1-4H3,(H2,10,11,13). The van der Waals surface area contributed by atoms with Crippen LogP contribution in [0.15, 0.2) is 4.99 Å². The molecule has 5 nitrogen and oxygen atoms in total. The summed E-state index contributed by atoms with van der Waals surface area (Å²) in [5.74, 6) is -0.669. The third kappa shape index (κ3) is 5.29. The van der Waals surface area contributed by atoms with Crippen molar-refractivity contribution in [2.24, 2.45) is 10.7 Å². The molecule has 0 unspecified atom stereocenters. The first-order valence-corrected chi connectivity index (χ1v) is 4.36. The van der Waals surface area contributed by atoms with Crippen LogP contribution in [0.1, 0.15) is 34.1 Å². The first-order valence-electron chi connectivity index (χ1n) is 4.36. The van der Waals surface area contributed by atoms with Gasteiger partial charge in [0.05, 0.1) is 0 Å². The van der Waals surface area contributed by atoms with Gasteiger partial charge in [0, 0.05) is 6.42 Å². The van der Waals surface area contributed by atoms with Crippen LogP contribution in [-0.4, -0.2) is 23.3 Å². The van der Waals surface area contributed by atoms with Gasteiger partial charge in [-0.05, 0) is 20.8 Å². The molecule has 0 saturated heterocycles. The van der Waals surface area contributed by atoms with E-state index in [1.807, 2.05) is 0 Å². The number of hydrogen-bond acceptors (Lipinski definition) is 3. The number of ketones is 1. The Morgan fingerprint density at radius 3 is 2.21 bits per heavy atom. The molecule has 0 heterocycles. The number of ether oxygens (including phenoxy) is 1. The van der Waals surface area contributed by atoms with E-state index < -0.39 is 11.7 Å². The molecule has 0 rings (SSSR count). The van der Waals surface area contributed by atoms with Crippen LogP contribution in [-0.2, 0) is 9.53 Å². The Labute approximate surface area is 83.3 Å². The number of nitrogens with zero attached hydrogens (tertiary/aromatic N) is 1. The Kier molecular flexibility index (Phi) is 4.27. The van der Waals surface area contributed by atoms with Crippen molar-refractivity contribution in [2.45, 2.75) is 39.7 Å². The summed E-state index contributed by atoms with van der Waals surface area (Å²) in [6, 6.07) is 0. The van der Waals surface area contributed by atoms with E-state index in [0.717, 1.165) is 0 Å². The highest BCUT2D eigenvalue weighted by molar-refractivity contribution is 6.39. The Balaban J connectivity index is 4.37. The Morgan fingerprint density at radius 1 is 1.36 bits per heavy atom. The van der Waals surface area contributed by atoms with E-state index in [9.17, 15) is 9.59 Å². The highest BCUT2D eigenvalue weighted by atomic mass is 16.6. The van der Waals surface area contributed by atoms with Crippen molar-refractivity contribution in [3.05, 3.63) is 0 Å². The zero-order valence-corrected chi connectivity index (χ0v) is 8.96. The molecule has 14 heavy (non-hydrogen) atoms. The SMILES string of the molecule is CCC(=O)C(N)=NC(=O)OC(C)(C)C. The van der Waals surface area contributed by atoms with Gasteiger partial charge in [0.1, 0.15) is 5.60 Å². The molecular weight excluding hydrogens is 184 g/mol. The van der Waals surface area contributed by atoms with Gasteiger partial charge < -0.3 is 10.5 Å². The van der Waals surface area contributed by atoms with Crippen LogP contribution in [0.2, 0.25) is 0 Å². The van der Waals surface area contributed by atoms with Gasteiger partial charge in [0.2, 0.25) is 0 Å². The van der Waals surface area contributed by atoms with E-state index in [-0.39, 0.29) is 18.0 Å². The number of nitrogens with two attached hydrogens (primary N) is 1. The summed E-state index contributed by atoms with van der Waals surface area (Å²) >= 11 is 0. The minimum absolute atomic E-state index is 0.220. The summed E-state index contributed by atoms with van der Waals surface area (Å²) in [6.07, 6.45) is -0.616. The fourth-order valence-corrected chi connectivity index (χ4v) is 0.627. The minimum atomic E-state index is -0.836. The number of amides is 1. The molecule has 0 aromatic rings. The number of carbonyl (C=O) groups is 2. The monoisotopic (exact) mass is 200 g/mol. The summed E-state index contributed by atoms with van der Waals surface area (Å²) in [7, 11) is 0. The van der Waals surface area contributed by atoms with Crippen molar-refractivity contribution in [3.8, 4) is 0 Å². The van der Waals surface area contributed by atoms with Crippen LogP contribution in [0.5, 0.6) is 0 Å². The fourth-order valence-electron chi connectivity index (χ4n) is 0.627. The number of rotatable bonds is 2. The summed E-state index contributed by atoms with van der Waals surface area (Å²) in [6.45, 7) is 6.76. The van der Waals surface area contributed by atoms with E-state index in [1.165, 1.54) is 0 Å². The molecule has 0 atom stereocenters. The van der Waals surface area contributed by atoms with Gasteiger partial charge in [-0.3, -0.25) is 4.79 Å². The van der Waals surface area contributed by atoms with E-state index in [1.54, 1.807) is 27.7 Å². The lowest BCUT2D eigenvalue weighted by molar-refractivity contribution is -0.112. The molecule has 5 heteroatoms. The van der Waals surface area contributed by atoms with E-state index in [4.69, 9.17) is 10.5 Å². The lowest BCUT2D eigenvalue weighted by Crippen LogP contribution is -2.27. The zero-order chi connectivity index (χ0) is 11.4. The topological polar surface area (TPSA) is 81.8 Å². The normalized spacial score (nSPS) is 12.4. The van der Waals surface area contributed by atoms with Gasteiger partial charge in [-0.25, -0.2) is 4.79 Å². The third-order valence-corrected chi connectivity index (χ3v) is 1.21. The van der Waals surface area contributed by atoms with Crippen molar-refractivity contribution >= 4 is 17.7 Å². The molecule has 0 aromatic carbocycles. The van der Waals surface area contributed by atoms with Crippen molar-refractivity contribution in [2.75, 3.05) is 0 Å². The Hall–Kier alpha value is -1.39. The molecule has 0 aromatic heterocycles. The maximum Gasteiger partial charge on any atom is 0.436 e. The second kappa shape index (κ2) is 4.74. The first-order chi connectivity index (χ1) is 6.26. The van der Waals surface area contributed by atoms with Crippen LogP contribution in [0, 0.1) is 0 Å². The highest BCUT2D eigenvalue weighted by Crippen LogP contribution is 2.07. The molecule has 0 fully saturated rings. The zero-order valence-electron chi connectivity index (χ0n) is 8.96. The highest BCUT2D eigenvalue weighted by Gasteiger charge is 2.16. The van der Waals surface area contributed by atoms with Crippen LogP contribution < -0.4 is 5.73 Å². The molecule has 0 aliphatic heterocycles. The van der Waals surface area contributed by atoms with Gasteiger partial charge in [-0.15, -0.1) is 0 Å². The predicted molar refractivity (Wildman–Crippen MR) is 53.2 cm³/mol. The fraction of sp³-hybridized carbons (Fsp3) is 0.667. The second-order valence-electron chi connectivity index (χ2n) is 3.75. The third-order valence-electron chi connectivity index (χ3n) is 1.21. The second-order valence-corrected chi connectivity index (χ2v) is 3.75. The number of Topliss-reactive ketones (excluding diaryl/α,β-unsaturated/α-hetero) is 1. The van der Waals surface area contributed by atoms with Gasteiger partial charge in [0.15, 0.2) is 11.6 Å². The molecule has 0 spiro atoms. The molecule has 80 valence electrons. The lowest BCUT2D eigenvalue weighted by atomic mass is 10.2. The maximum absolute atomic E-state index is 11.0. The molecule has 0 bridgehead atoms. The number of hydrogen-bond donors (Lipinski definition) is 1. The predicted octanol–water partition coefficient (Wildman–Crippen LogP) is 1.26. The maximum atomic E-state index is 11.0. The Bertz CT molecular complexity index is 264. The van der Waals surface area contributed by atoms with Crippen molar-refractivity contribution in [1.29, 1.82) is 0 Å². The average Bonchev–Trinajstić information content (AvgIpc) is 1.99. The van der Waals surface area contributed by atoms with Crippen LogP contribution in [0.25, 0.3) is 0 Å². The summed E-state index contributed by atoms with van der Waals surface area (Å²) in [5, 5.41) is 0. The van der Waals surface area contributed by atoms with E-state index in [2.05, 4.69) is 4.99 Å². The van der Waals surface area contributed by atoms with Crippen molar-refractivity contribution in [1.82, 2.24) is 0 Å². The van der Waals surface area contributed by atoms with Crippen molar-refractivity contribution in [3.63, 3.8) is 0 Å². The quantitative estimate of drug-likeness (QED) is 0.537. The lowest BCUT2D eigenvalue weighted by Gasteiger charge is -2.17. The van der Waals surface area contributed by atoms with E-state index in [0.29, 0.717) is 0 Å². The summed E-state index contributed by atoms with van der Waals surface area (Å²) < 4.78 is 4.84. The number of amidine groups is 1. The molecule has 0 aliphatic carbocycles. The van der Waals surface area contributed by atoms with Gasteiger partial charge in [-0.1, -0.05) is 6.92 Å². The molecular formula is C9H16N2O3. The average molecular weight is 200 g/mol. The molecule has 1 amide bonds. The van der Waals surface area contributed by atoms with Crippen LogP contribution in [0.4, 0.5) is 4.79 Å². The number of aliphatic imine (C=N–C) groups is 1. The largest absolute Gasteiger partial charge is 0.442 e. The van der Waals surface area contributed by atoms with Crippen LogP contribution >= 0.6 is 0 Å². The van der Waals surface area contributed by atoms with Gasteiger partial charge in [0.25, 0.3) is 0 Å². The van der Waals surface area contributed by atoms with Crippen molar-refractivity contribution < 1.29 is 14.3 Å². The smallest absolute Gasteiger partial charge is 0.436 e. The van der Waals surface area contributed by atoms with Crippen LogP contribution in [0.3, 0.4) is 0 Å². The molecule has 0 radical (unpaired) electrons.